The van der Waals surface area contributed by atoms with Gasteiger partial charge in [-0.3, -0.25) is 4.79 Å². The first-order valence-corrected chi connectivity index (χ1v) is 9.57. The van der Waals surface area contributed by atoms with E-state index >= 15 is 0 Å². The zero-order chi connectivity index (χ0) is 18.0. The fourth-order valence-corrected chi connectivity index (χ4v) is 6.83. The summed E-state index contributed by atoms with van der Waals surface area (Å²) < 4.78 is 14.0. The van der Waals surface area contributed by atoms with Crippen LogP contribution in [0.5, 0.6) is 0 Å². The smallest absolute Gasteiger partial charge is 0.155 e. The summed E-state index contributed by atoms with van der Waals surface area (Å²) in [6.07, 6.45) is 12.7. The van der Waals surface area contributed by atoms with Gasteiger partial charge < -0.3 is 5.11 Å². The Hall–Kier alpha value is -1.40. The van der Waals surface area contributed by atoms with Crippen molar-refractivity contribution in [2.24, 2.45) is 35.0 Å². The quantitative estimate of drug-likeness (QED) is 0.670. The standard InChI is InChI=1S/C22H27FO2/c1-4-22(25)8-7-18-19-13(2)9-14-10-16(24)5-6-17(14)20(19)15(12-23)11-21(18,22)3/h1,10,12-13,17-20,25H,5-9,11H2,2-3H3/b15-12+/t13-,17+,18+,19+,20-,21+,22+/m1/s1. The second-order valence-corrected chi connectivity index (χ2v) is 9.04. The van der Waals surface area contributed by atoms with E-state index in [0.29, 0.717) is 37.0 Å². The van der Waals surface area contributed by atoms with E-state index in [1.54, 1.807) is 0 Å². The van der Waals surface area contributed by atoms with Crippen molar-refractivity contribution >= 4 is 5.78 Å². The molecular weight excluding hydrogens is 315 g/mol. The summed E-state index contributed by atoms with van der Waals surface area (Å²) in [5.74, 6) is 4.32. The molecule has 3 fully saturated rings. The number of halogens is 1. The van der Waals surface area contributed by atoms with Gasteiger partial charge in [-0.15, -0.1) is 6.42 Å². The van der Waals surface area contributed by atoms with Crippen LogP contribution in [0.1, 0.15) is 52.4 Å². The van der Waals surface area contributed by atoms with Crippen LogP contribution in [-0.4, -0.2) is 16.5 Å². The summed E-state index contributed by atoms with van der Waals surface area (Å²) in [5.41, 5.74) is 0.421. The molecule has 0 aliphatic heterocycles. The molecule has 4 rings (SSSR count). The van der Waals surface area contributed by atoms with Crippen molar-refractivity contribution in [2.45, 2.75) is 58.0 Å². The third kappa shape index (κ3) is 2.16. The van der Waals surface area contributed by atoms with E-state index in [2.05, 4.69) is 19.8 Å². The van der Waals surface area contributed by atoms with Crippen LogP contribution in [0.3, 0.4) is 0 Å². The van der Waals surface area contributed by atoms with E-state index < -0.39 is 11.0 Å². The molecule has 3 saturated carbocycles. The highest BCUT2D eigenvalue weighted by Gasteiger charge is 2.64. The highest BCUT2D eigenvalue weighted by atomic mass is 19.1. The average Bonchev–Trinajstić information content (AvgIpc) is 2.85. The first-order chi connectivity index (χ1) is 11.8. The third-order valence-electron chi connectivity index (χ3n) is 8.01. The fourth-order valence-electron chi connectivity index (χ4n) is 6.83. The van der Waals surface area contributed by atoms with Crippen LogP contribution in [0.15, 0.2) is 23.6 Å². The molecule has 7 atom stereocenters. The van der Waals surface area contributed by atoms with Crippen molar-refractivity contribution in [1.29, 1.82) is 0 Å². The third-order valence-corrected chi connectivity index (χ3v) is 8.01. The van der Waals surface area contributed by atoms with Gasteiger partial charge in [0.25, 0.3) is 0 Å². The number of aliphatic hydroxyl groups is 1. The molecule has 0 radical (unpaired) electrons. The minimum atomic E-state index is -1.14. The number of carbonyl (C=O) groups is 1. The van der Waals surface area contributed by atoms with Gasteiger partial charge in [0.1, 0.15) is 5.60 Å². The van der Waals surface area contributed by atoms with Crippen LogP contribution < -0.4 is 0 Å². The molecule has 3 heteroatoms. The molecule has 4 aliphatic carbocycles. The predicted octanol–water partition coefficient (Wildman–Crippen LogP) is 4.20. The maximum absolute atomic E-state index is 14.0. The van der Waals surface area contributed by atoms with E-state index in [4.69, 9.17) is 6.42 Å². The lowest BCUT2D eigenvalue weighted by atomic mass is 9.47. The fraction of sp³-hybridized carbons (Fsp3) is 0.682. The number of carbonyl (C=O) groups excluding carboxylic acids is 1. The van der Waals surface area contributed by atoms with Crippen molar-refractivity contribution in [3.63, 3.8) is 0 Å². The first kappa shape index (κ1) is 17.0. The summed E-state index contributed by atoms with van der Waals surface area (Å²) in [6, 6.07) is 0. The molecule has 1 N–H and O–H groups in total. The van der Waals surface area contributed by atoms with Crippen LogP contribution in [0.25, 0.3) is 0 Å². The topological polar surface area (TPSA) is 37.3 Å². The molecular formula is C22H27FO2. The number of ketones is 1. The Labute approximate surface area is 149 Å². The molecule has 0 aromatic rings. The molecule has 25 heavy (non-hydrogen) atoms. The zero-order valence-electron chi connectivity index (χ0n) is 15.1. The number of fused-ring (bicyclic) bond motifs is 5. The largest absolute Gasteiger partial charge is 0.377 e. The van der Waals surface area contributed by atoms with Gasteiger partial charge in [0.15, 0.2) is 5.78 Å². The maximum Gasteiger partial charge on any atom is 0.155 e. The number of allylic oxidation sites excluding steroid dienone is 2. The molecule has 4 aliphatic rings. The molecule has 2 nitrogen and oxygen atoms in total. The first-order valence-electron chi connectivity index (χ1n) is 9.57. The number of hydrogen-bond donors (Lipinski definition) is 1. The molecule has 134 valence electrons. The van der Waals surface area contributed by atoms with Crippen LogP contribution >= 0.6 is 0 Å². The number of terminal acetylenes is 1. The normalized spacial score (nSPS) is 50.5. The highest BCUT2D eigenvalue weighted by molar-refractivity contribution is 5.91. The van der Waals surface area contributed by atoms with Gasteiger partial charge in [0.2, 0.25) is 0 Å². The van der Waals surface area contributed by atoms with Gasteiger partial charge in [-0.25, -0.2) is 4.39 Å². The summed E-state index contributed by atoms with van der Waals surface area (Å²) in [4.78, 5) is 11.9. The Balaban J connectivity index is 1.81. The summed E-state index contributed by atoms with van der Waals surface area (Å²) >= 11 is 0. The van der Waals surface area contributed by atoms with Gasteiger partial charge in [0.05, 0.1) is 6.33 Å². The lowest BCUT2D eigenvalue weighted by Crippen LogP contribution is -2.54. The van der Waals surface area contributed by atoms with E-state index in [-0.39, 0.29) is 17.6 Å². The lowest BCUT2D eigenvalue weighted by molar-refractivity contribution is -0.116. The zero-order valence-corrected chi connectivity index (χ0v) is 15.1. The number of rotatable bonds is 0. The number of hydrogen-bond acceptors (Lipinski definition) is 2. The minimum absolute atomic E-state index is 0.159. The minimum Gasteiger partial charge on any atom is -0.377 e. The lowest BCUT2D eigenvalue weighted by Gasteiger charge is -2.57. The van der Waals surface area contributed by atoms with E-state index in [1.807, 2.05) is 6.08 Å². The van der Waals surface area contributed by atoms with Crippen molar-refractivity contribution in [2.75, 3.05) is 0 Å². The Morgan fingerprint density at radius 2 is 2.20 bits per heavy atom. The van der Waals surface area contributed by atoms with Crippen LogP contribution in [0, 0.1) is 47.3 Å². The van der Waals surface area contributed by atoms with Crippen molar-refractivity contribution in [3.05, 3.63) is 23.6 Å². The van der Waals surface area contributed by atoms with Gasteiger partial charge >= 0.3 is 0 Å². The van der Waals surface area contributed by atoms with Crippen molar-refractivity contribution in [1.82, 2.24) is 0 Å². The molecule has 0 saturated heterocycles. The van der Waals surface area contributed by atoms with Gasteiger partial charge in [-0.2, -0.15) is 0 Å². The SMILES string of the molecule is C#C[C@]1(O)CC[C@H]2[C@H]3[C@H](/C(=C/F)C[C@@]21C)[C@H]1CCC(=O)C=C1C[C@H]3C. The molecule has 0 spiro atoms. The molecule has 0 aromatic carbocycles. The second kappa shape index (κ2) is 5.55. The van der Waals surface area contributed by atoms with Gasteiger partial charge in [-0.1, -0.05) is 25.3 Å². The Morgan fingerprint density at radius 3 is 2.88 bits per heavy atom. The van der Waals surface area contributed by atoms with Crippen molar-refractivity contribution in [3.8, 4) is 12.3 Å². The van der Waals surface area contributed by atoms with Gasteiger partial charge in [-0.05, 0) is 73.3 Å². The molecule has 0 amide bonds. The second-order valence-electron chi connectivity index (χ2n) is 9.04. The van der Waals surface area contributed by atoms with Gasteiger partial charge in [0, 0.05) is 11.8 Å². The Morgan fingerprint density at radius 1 is 1.44 bits per heavy atom. The molecule has 0 heterocycles. The van der Waals surface area contributed by atoms with Crippen LogP contribution in [0.4, 0.5) is 4.39 Å². The van der Waals surface area contributed by atoms with E-state index in [0.717, 1.165) is 31.2 Å². The maximum atomic E-state index is 14.0. The van der Waals surface area contributed by atoms with Crippen molar-refractivity contribution < 1.29 is 14.3 Å². The summed E-state index contributed by atoms with van der Waals surface area (Å²) in [5, 5.41) is 11.1. The highest BCUT2D eigenvalue weighted by Crippen LogP contribution is 2.67. The summed E-state index contributed by atoms with van der Waals surface area (Å²) in [6.45, 7) is 4.29. The van der Waals surface area contributed by atoms with E-state index in [1.165, 1.54) is 5.57 Å². The molecule has 0 bridgehead atoms. The predicted molar refractivity (Wildman–Crippen MR) is 95.0 cm³/mol. The molecule has 0 aromatic heterocycles. The summed E-state index contributed by atoms with van der Waals surface area (Å²) in [7, 11) is 0. The monoisotopic (exact) mass is 342 g/mol. The Kier molecular flexibility index (Phi) is 3.78. The average molecular weight is 342 g/mol. The van der Waals surface area contributed by atoms with E-state index in [9.17, 15) is 14.3 Å². The van der Waals surface area contributed by atoms with Crippen LogP contribution in [0.2, 0.25) is 0 Å². The van der Waals surface area contributed by atoms with Crippen LogP contribution in [-0.2, 0) is 4.79 Å². The Bertz CT molecular complexity index is 714. The molecule has 0 unspecified atom stereocenters.